The standard InChI is InChI=1S/C20H25N3O3/c1-25-19-4-2-3-16(15-19)20(24)22-18-7-5-17(6-8-18)21-9-10-23-11-13-26-14-12-23/h2-8,15,21H,9-14H2,1H3,(H,22,24). The molecule has 2 aromatic rings. The van der Waals surface area contributed by atoms with Gasteiger partial charge in [0.15, 0.2) is 0 Å². The van der Waals surface area contributed by atoms with Crippen LogP contribution in [0.4, 0.5) is 11.4 Å². The lowest BCUT2D eigenvalue weighted by molar-refractivity contribution is 0.0398. The minimum absolute atomic E-state index is 0.156. The summed E-state index contributed by atoms with van der Waals surface area (Å²) in [6.45, 7) is 5.52. The van der Waals surface area contributed by atoms with Crippen LogP contribution in [0.15, 0.2) is 48.5 Å². The first-order chi connectivity index (χ1) is 12.7. The minimum Gasteiger partial charge on any atom is -0.497 e. The molecule has 0 atom stereocenters. The molecule has 1 aliphatic rings. The van der Waals surface area contributed by atoms with Gasteiger partial charge in [-0.1, -0.05) is 6.07 Å². The SMILES string of the molecule is COc1cccc(C(=O)Nc2ccc(NCCN3CCOCC3)cc2)c1. The number of carbonyl (C=O) groups excluding carboxylic acids is 1. The summed E-state index contributed by atoms with van der Waals surface area (Å²) < 4.78 is 10.5. The third-order valence-corrected chi connectivity index (χ3v) is 4.34. The van der Waals surface area contributed by atoms with Crippen molar-refractivity contribution in [3.05, 3.63) is 54.1 Å². The predicted octanol–water partition coefficient (Wildman–Crippen LogP) is 2.69. The Morgan fingerprint density at radius 2 is 1.85 bits per heavy atom. The van der Waals surface area contributed by atoms with Crippen LogP contribution in [-0.2, 0) is 4.74 Å². The molecule has 1 saturated heterocycles. The molecule has 0 saturated carbocycles. The Morgan fingerprint density at radius 1 is 1.12 bits per heavy atom. The van der Waals surface area contributed by atoms with E-state index in [1.165, 1.54) is 0 Å². The highest BCUT2D eigenvalue weighted by Gasteiger charge is 2.09. The quantitative estimate of drug-likeness (QED) is 0.800. The molecule has 6 heteroatoms. The molecule has 1 heterocycles. The summed E-state index contributed by atoms with van der Waals surface area (Å²) in [6, 6.07) is 14.8. The zero-order chi connectivity index (χ0) is 18.2. The normalized spacial score (nSPS) is 14.7. The number of carbonyl (C=O) groups is 1. The predicted molar refractivity (Wildman–Crippen MR) is 103 cm³/mol. The van der Waals surface area contributed by atoms with Gasteiger partial charge in [0.25, 0.3) is 5.91 Å². The van der Waals surface area contributed by atoms with Crippen molar-refractivity contribution in [1.82, 2.24) is 4.90 Å². The van der Waals surface area contributed by atoms with E-state index >= 15 is 0 Å². The second-order valence-electron chi connectivity index (χ2n) is 6.14. The van der Waals surface area contributed by atoms with E-state index in [2.05, 4.69) is 15.5 Å². The van der Waals surface area contributed by atoms with Crippen LogP contribution in [-0.4, -0.2) is 57.3 Å². The third kappa shape index (κ3) is 5.21. The molecule has 0 radical (unpaired) electrons. The average molecular weight is 355 g/mol. The molecule has 0 bridgehead atoms. The van der Waals surface area contributed by atoms with Crippen LogP contribution >= 0.6 is 0 Å². The van der Waals surface area contributed by atoms with Crippen LogP contribution in [0.2, 0.25) is 0 Å². The molecular formula is C20H25N3O3. The monoisotopic (exact) mass is 355 g/mol. The number of ether oxygens (including phenoxy) is 2. The average Bonchev–Trinajstić information content (AvgIpc) is 2.70. The molecule has 1 amide bonds. The number of methoxy groups -OCH3 is 1. The number of amides is 1. The first-order valence-corrected chi connectivity index (χ1v) is 8.84. The second kappa shape index (κ2) is 9.22. The van der Waals surface area contributed by atoms with Crippen molar-refractivity contribution in [2.45, 2.75) is 0 Å². The Labute approximate surface area is 154 Å². The molecule has 0 unspecified atom stereocenters. The van der Waals surface area contributed by atoms with E-state index in [4.69, 9.17) is 9.47 Å². The molecular weight excluding hydrogens is 330 g/mol. The summed E-state index contributed by atoms with van der Waals surface area (Å²) in [5.74, 6) is 0.509. The molecule has 138 valence electrons. The molecule has 6 nitrogen and oxygen atoms in total. The summed E-state index contributed by atoms with van der Waals surface area (Å²) in [5, 5.41) is 6.31. The number of benzene rings is 2. The molecule has 0 spiro atoms. The number of hydrogen-bond donors (Lipinski definition) is 2. The zero-order valence-electron chi connectivity index (χ0n) is 15.0. The van der Waals surface area contributed by atoms with E-state index in [1.54, 1.807) is 25.3 Å². The van der Waals surface area contributed by atoms with E-state index in [0.717, 1.165) is 50.8 Å². The van der Waals surface area contributed by atoms with Crippen molar-refractivity contribution in [2.24, 2.45) is 0 Å². The number of nitrogens with zero attached hydrogens (tertiary/aromatic N) is 1. The molecule has 2 aromatic carbocycles. The highest BCUT2D eigenvalue weighted by Crippen LogP contribution is 2.17. The highest BCUT2D eigenvalue weighted by molar-refractivity contribution is 6.04. The molecule has 1 fully saturated rings. The van der Waals surface area contributed by atoms with Gasteiger partial charge in [-0.25, -0.2) is 0 Å². The Kier molecular flexibility index (Phi) is 6.46. The van der Waals surface area contributed by atoms with Gasteiger partial charge in [0.05, 0.1) is 20.3 Å². The fourth-order valence-electron chi connectivity index (χ4n) is 2.82. The molecule has 26 heavy (non-hydrogen) atoms. The van der Waals surface area contributed by atoms with Crippen LogP contribution in [0.1, 0.15) is 10.4 Å². The lowest BCUT2D eigenvalue weighted by Gasteiger charge is -2.26. The summed E-state index contributed by atoms with van der Waals surface area (Å²) in [4.78, 5) is 14.7. The molecule has 3 rings (SSSR count). The fourth-order valence-corrected chi connectivity index (χ4v) is 2.82. The van der Waals surface area contributed by atoms with Gasteiger partial charge in [-0.2, -0.15) is 0 Å². The van der Waals surface area contributed by atoms with E-state index in [1.807, 2.05) is 30.3 Å². The van der Waals surface area contributed by atoms with Gasteiger partial charge < -0.3 is 20.1 Å². The zero-order valence-corrected chi connectivity index (χ0v) is 15.0. The van der Waals surface area contributed by atoms with Crippen molar-refractivity contribution in [3.63, 3.8) is 0 Å². The van der Waals surface area contributed by atoms with Crippen LogP contribution in [0, 0.1) is 0 Å². The Balaban J connectivity index is 1.48. The van der Waals surface area contributed by atoms with Gasteiger partial charge in [-0.05, 0) is 42.5 Å². The van der Waals surface area contributed by atoms with E-state index < -0.39 is 0 Å². The molecule has 0 aromatic heterocycles. The summed E-state index contributed by atoms with van der Waals surface area (Å²) in [5.41, 5.74) is 2.37. The number of morpholine rings is 1. The number of hydrogen-bond acceptors (Lipinski definition) is 5. The lowest BCUT2D eigenvalue weighted by Crippen LogP contribution is -2.38. The van der Waals surface area contributed by atoms with Gasteiger partial charge in [0.1, 0.15) is 5.75 Å². The summed E-state index contributed by atoms with van der Waals surface area (Å²) >= 11 is 0. The smallest absolute Gasteiger partial charge is 0.255 e. The van der Waals surface area contributed by atoms with Gasteiger partial charge in [0, 0.05) is 43.1 Å². The maximum absolute atomic E-state index is 12.3. The summed E-state index contributed by atoms with van der Waals surface area (Å²) in [7, 11) is 1.59. The van der Waals surface area contributed by atoms with Crippen LogP contribution in [0.3, 0.4) is 0 Å². The highest BCUT2D eigenvalue weighted by atomic mass is 16.5. The van der Waals surface area contributed by atoms with Gasteiger partial charge in [-0.15, -0.1) is 0 Å². The number of rotatable bonds is 7. The van der Waals surface area contributed by atoms with Crippen molar-refractivity contribution in [2.75, 3.05) is 57.1 Å². The Bertz CT molecular complexity index is 712. The van der Waals surface area contributed by atoms with Gasteiger partial charge in [0.2, 0.25) is 0 Å². The van der Waals surface area contributed by atoms with Crippen LogP contribution < -0.4 is 15.4 Å². The second-order valence-corrected chi connectivity index (χ2v) is 6.14. The molecule has 0 aliphatic carbocycles. The molecule has 1 aliphatic heterocycles. The molecule has 2 N–H and O–H groups in total. The van der Waals surface area contributed by atoms with Crippen LogP contribution in [0.5, 0.6) is 5.75 Å². The Hall–Kier alpha value is -2.57. The maximum atomic E-state index is 12.3. The summed E-state index contributed by atoms with van der Waals surface area (Å²) in [6.07, 6.45) is 0. The van der Waals surface area contributed by atoms with Crippen molar-refractivity contribution < 1.29 is 14.3 Å². The topological polar surface area (TPSA) is 62.8 Å². The fraction of sp³-hybridized carbons (Fsp3) is 0.350. The van der Waals surface area contributed by atoms with Gasteiger partial charge >= 0.3 is 0 Å². The van der Waals surface area contributed by atoms with Crippen molar-refractivity contribution >= 4 is 17.3 Å². The van der Waals surface area contributed by atoms with Crippen molar-refractivity contribution in [3.8, 4) is 5.75 Å². The number of anilines is 2. The van der Waals surface area contributed by atoms with E-state index in [-0.39, 0.29) is 5.91 Å². The third-order valence-electron chi connectivity index (χ3n) is 4.34. The van der Waals surface area contributed by atoms with Crippen LogP contribution in [0.25, 0.3) is 0 Å². The van der Waals surface area contributed by atoms with E-state index in [9.17, 15) is 4.79 Å². The first kappa shape index (κ1) is 18.2. The first-order valence-electron chi connectivity index (χ1n) is 8.84. The van der Waals surface area contributed by atoms with Crippen molar-refractivity contribution in [1.29, 1.82) is 0 Å². The van der Waals surface area contributed by atoms with E-state index in [0.29, 0.717) is 11.3 Å². The Morgan fingerprint density at radius 3 is 2.58 bits per heavy atom. The number of nitrogens with one attached hydrogen (secondary N) is 2. The largest absolute Gasteiger partial charge is 0.497 e. The maximum Gasteiger partial charge on any atom is 0.255 e. The van der Waals surface area contributed by atoms with Gasteiger partial charge in [-0.3, -0.25) is 9.69 Å². The lowest BCUT2D eigenvalue weighted by atomic mass is 10.2. The minimum atomic E-state index is -0.156.